The van der Waals surface area contributed by atoms with Crippen molar-refractivity contribution in [2.75, 3.05) is 5.73 Å². The lowest BCUT2D eigenvalue weighted by Crippen LogP contribution is -2.20. The van der Waals surface area contributed by atoms with Gasteiger partial charge in [-0.25, -0.2) is 4.98 Å². The van der Waals surface area contributed by atoms with E-state index in [9.17, 15) is 4.79 Å². The summed E-state index contributed by atoms with van der Waals surface area (Å²) in [5.74, 6) is 0.960. The van der Waals surface area contributed by atoms with E-state index in [-0.39, 0.29) is 11.5 Å². The standard InChI is InChI=1S/C13H16N4O/c1-8(2)11-12(14)16-10(17-13(11)18)7-9-3-5-15-6-4-9/h3-6,8H,7H2,1-2H3,(H3,14,16,17,18). The van der Waals surface area contributed by atoms with Crippen molar-refractivity contribution in [3.8, 4) is 0 Å². The number of nitrogen functional groups attached to an aromatic ring is 1. The zero-order chi connectivity index (χ0) is 13.1. The molecule has 2 heterocycles. The molecule has 0 unspecified atom stereocenters. The molecule has 0 atom stereocenters. The third-order valence-corrected chi connectivity index (χ3v) is 2.73. The number of nitrogens with one attached hydrogen (secondary N) is 1. The Bertz CT molecular complexity index is 590. The fraction of sp³-hybridized carbons (Fsp3) is 0.308. The van der Waals surface area contributed by atoms with Crippen LogP contribution in [0.1, 0.15) is 36.7 Å². The lowest BCUT2D eigenvalue weighted by atomic mass is 10.1. The van der Waals surface area contributed by atoms with Crippen molar-refractivity contribution in [2.24, 2.45) is 0 Å². The third-order valence-electron chi connectivity index (χ3n) is 2.73. The van der Waals surface area contributed by atoms with E-state index < -0.39 is 0 Å². The number of aromatic nitrogens is 3. The lowest BCUT2D eigenvalue weighted by Gasteiger charge is -2.09. The Morgan fingerprint density at radius 2 is 2.00 bits per heavy atom. The average Bonchev–Trinajstić information content (AvgIpc) is 2.28. The van der Waals surface area contributed by atoms with Gasteiger partial charge in [0.15, 0.2) is 0 Å². The summed E-state index contributed by atoms with van der Waals surface area (Å²) in [6, 6.07) is 3.76. The van der Waals surface area contributed by atoms with Crippen LogP contribution in [0.15, 0.2) is 29.3 Å². The van der Waals surface area contributed by atoms with Crippen molar-refractivity contribution in [1.82, 2.24) is 15.0 Å². The first kappa shape index (κ1) is 12.3. The molecule has 0 aromatic carbocycles. The minimum Gasteiger partial charge on any atom is -0.383 e. The van der Waals surface area contributed by atoms with E-state index in [1.165, 1.54) is 0 Å². The summed E-state index contributed by atoms with van der Waals surface area (Å²) in [6.07, 6.45) is 3.96. The quantitative estimate of drug-likeness (QED) is 0.856. The molecule has 0 fully saturated rings. The second-order valence-electron chi connectivity index (χ2n) is 4.50. The highest BCUT2D eigenvalue weighted by atomic mass is 16.1. The van der Waals surface area contributed by atoms with Gasteiger partial charge < -0.3 is 10.7 Å². The van der Waals surface area contributed by atoms with Crippen LogP contribution in [0.3, 0.4) is 0 Å². The summed E-state index contributed by atoms with van der Waals surface area (Å²) >= 11 is 0. The third kappa shape index (κ3) is 2.56. The SMILES string of the molecule is CC(C)c1c(N)nc(Cc2ccncc2)[nH]c1=O. The normalized spacial score (nSPS) is 10.8. The first-order valence-corrected chi connectivity index (χ1v) is 5.85. The molecule has 0 aliphatic heterocycles. The molecule has 3 N–H and O–H groups in total. The second kappa shape index (κ2) is 5.00. The van der Waals surface area contributed by atoms with E-state index in [0.717, 1.165) is 5.56 Å². The largest absolute Gasteiger partial charge is 0.383 e. The van der Waals surface area contributed by atoms with Crippen LogP contribution in [0.25, 0.3) is 0 Å². The van der Waals surface area contributed by atoms with Crippen molar-refractivity contribution < 1.29 is 0 Å². The van der Waals surface area contributed by atoms with E-state index >= 15 is 0 Å². The van der Waals surface area contributed by atoms with Gasteiger partial charge in [-0.1, -0.05) is 13.8 Å². The van der Waals surface area contributed by atoms with E-state index in [0.29, 0.717) is 23.6 Å². The van der Waals surface area contributed by atoms with Crippen LogP contribution in [-0.4, -0.2) is 15.0 Å². The van der Waals surface area contributed by atoms with Crippen LogP contribution in [0, 0.1) is 0 Å². The molecule has 2 aromatic rings. The molecule has 0 aliphatic carbocycles. The summed E-state index contributed by atoms with van der Waals surface area (Å²) in [7, 11) is 0. The summed E-state index contributed by atoms with van der Waals surface area (Å²) in [5.41, 5.74) is 7.26. The average molecular weight is 244 g/mol. The number of anilines is 1. The maximum atomic E-state index is 11.9. The molecule has 5 heteroatoms. The molecule has 2 aromatic heterocycles. The van der Waals surface area contributed by atoms with Gasteiger partial charge in [-0.05, 0) is 23.6 Å². The van der Waals surface area contributed by atoms with E-state index in [1.54, 1.807) is 12.4 Å². The molecular weight excluding hydrogens is 228 g/mol. The predicted octanol–water partition coefficient (Wildman–Crippen LogP) is 1.46. The molecule has 0 spiro atoms. The molecule has 0 radical (unpaired) electrons. The van der Waals surface area contributed by atoms with E-state index in [1.807, 2.05) is 26.0 Å². The fourth-order valence-electron chi connectivity index (χ4n) is 1.88. The van der Waals surface area contributed by atoms with Crippen molar-refractivity contribution in [3.05, 3.63) is 51.8 Å². The van der Waals surface area contributed by atoms with E-state index in [4.69, 9.17) is 5.73 Å². The molecule has 2 rings (SSSR count). The Balaban J connectivity index is 2.35. The van der Waals surface area contributed by atoms with Gasteiger partial charge in [-0.3, -0.25) is 9.78 Å². The highest BCUT2D eigenvalue weighted by Gasteiger charge is 2.12. The molecule has 0 bridgehead atoms. The van der Waals surface area contributed by atoms with Crippen LogP contribution in [0.2, 0.25) is 0 Å². The van der Waals surface area contributed by atoms with Gasteiger partial charge in [0.2, 0.25) is 0 Å². The fourth-order valence-corrected chi connectivity index (χ4v) is 1.88. The highest BCUT2D eigenvalue weighted by molar-refractivity contribution is 5.40. The number of rotatable bonds is 3. The van der Waals surface area contributed by atoms with Crippen LogP contribution < -0.4 is 11.3 Å². The van der Waals surface area contributed by atoms with Crippen LogP contribution in [0.5, 0.6) is 0 Å². The van der Waals surface area contributed by atoms with Crippen molar-refractivity contribution in [2.45, 2.75) is 26.2 Å². The summed E-state index contributed by atoms with van der Waals surface area (Å²) < 4.78 is 0. The van der Waals surface area contributed by atoms with Gasteiger partial charge in [0, 0.05) is 18.8 Å². The Morgan fingerprint density at radius 3 is 2.56 bits per heavy atom. The molecule has 0 amide bonds. The Kier molecular flexibility index (Phi) is 3.41. The number of aromatic amines is 1. The summed E-state index contributed by atoms with van der Waals surface area (Å²) in [6.45, 7) is 3.84. The summed E-state index contributed by atoms with van der Waals surface area (Å²) in [5, 5.41) is 0. The smallest absolute Gasteiger partial charge is 0.256 e. The molecule has 0 aliphatic rings. The van der Waals surface area contributed by atoms with Gasteiger partial charge >= 0.3 is 0 Å². The monoisotopic (exact) mass is 244 g/mol. The molecule has 0 saturated heterocycles. The number of hydrogen-bond donors (Lipinski definition) is 2. The first-order valence-electron chi connectivity index (χ1n) is 5.85. The van der Waals surface area contributed by atoms with Crippen molar-refractivity contribution in [3.63, 3.8) is 0 Å². The summed E-state index contributed by atoms with van der Waals surface area (Å²) in [4.78, 5) is 22.9. The van der Waals surface area contributed by atoms with Crippen LogP contribution in [0.4, 0.5) is 5.82 Å². The van der Waals surface area contributed by atoms with Gasteiger partial charge in [-0.15, -0.1) is 0 Å². The molecule has 5 nitrogen and oxygen atoms in total. The maximum Gasteiger partial charge on any atom is 0.256 e. The Labute approximate surface area is 105 Å². The Hall–Kier alpha value is -2.17. The van der Waals surface area contributed by atoms with Gasteiger partial charge in [0.25, 0.3) is 5.56 Å². The van der Waals surface area contributed by atoms with Crippen molar-refractivity contribution in [1.29, 1.82) is 0 Å². The minimum absolute atomic E-state index is 0.0659. The molecule has 0 saturated carbocycles. The molecule has 94 valence electrons. The molecule has 18 heavy (non-hydrogen) atoms. The molecular formula is C13H16N4O. The zero-order valence-corrected chi connectivity index (χ0v) is 10.5. The van der Waals surface area contributed by atoms with Crippen molar-refractivity contribution >= 4 is 5.82 Å². The number of nitrogens with zero attached hydrogens (tertiary/aromatic N) is 2. The number of nitrogens with two attached hydrogens (primary N) is 1. The second-order valence-corrected chi connectivity index (χ2v) is 4.50. The topological polar surface area (TPSA) is 84.7 Å². The first-order chi connectivity index (χ1) is 8.58. The predicted molar refractivity (Wildman–Crippen MR) is 70.4 cm³/mol. The highest BCUT2D eigenvalue weighted by Crippen LogP contribution is 2.15. The van der Waals surface area contributed by atoms with Gasteiger partial charge in [0.05, 0.1) is 5.56 Å². The van der Waals surface area contributed by atoms with Gasteiger partial charge in [-0.2, -0.15) is 0 Å². The number of pyridine rings is 1. The van der Waals surface area contributed by atoms with Crippen LogP contribution >= 0.6 is 0 Å². The van der Waals surface area contributed by atoms with Crippen LogP contribution in [-0.2, 0) is 6.42 Å². The zero-order valence-electron chi connectivity index (χ0n) is 10.5. The maximum absolute atomic E-state index is 11.9. The minimum atomic E-state index is -0.151. The lowest BCUT2D eigenvalue weighted by molar-refractivity contribution is 0.817. The number of H-pyrrole nitrogens is 1. The van der Waals surface area contributed by atoms with E-state index in [2.05, 4.69) is 15.0 Å². The number of hydrogen-bond acceptors (Lipinski definition) is 4. The van der Waals surface area contributed by atoms with Gasteiger partial charge in [0.1, 0.15) is 11.6 Å². The Morgan fingerprint density at radius 1 is 1.33 bits per heavy atom.